The lowest BCUT2D eigenvalue weighted by Gasteiger charge is -2.34. The van der Waals surface area contributed by atoms with Crippen molar-refractivity contribution in [2.24, 2.45) is 0 Å². The molecule has 0 radical (unpaired) electrons. The van der Waals surface area contributed by atoms with Crippen molar-refractivity contribution in [3.05, 3.63) is 73.6 Å². The standard InChI is InChI=1S/C19H16N2O4S/c22-16-9-12(17-2-1-7-26-17)8-15-19(16)14(10-18(23)20-15)11-3-5-13(6-4-11)21(24)25/h1-7,12,14H,8-10H2,(H,20,23)/t12-,14-/m0/s1. The van der Waals surface area contributed by atoms with Crippen LogP contribution in [0.5, 0.6) is 0 Å². The van der Waals surface area contributed by atoms with Gasteiger partial charge in [-0.2, -0.15) is 0 Å². The summed E-state index contributed by atoms with van der Waals surface area (Å²) >= 11 is 1.62. The molecule has 1 aromatic heterocycles. The van der Waals surface area contributed by atoms with Gasteiger partial charge in [0, 0.05) is 53.0 Å². The van der Waals surface area contributed by atoms with Crippen molar-refractivity contribution in [2.75, 3.05) is 0 Å². The predicted molar refractivity (Wildman–Crippen MR) is 96.9 cm³/mol. The number of nitro groups is 1. The molecule has 26 heavy (non-hydrogen) atoms. The first-order valence-electron chi connectivity index (χ1n) is 8.36. The molecular formula is C19H16N2O4S. The lowest BCUT2D eigenvalue weighted by Crippen LogP contribution is -2.38. The van der Waals surface area contributed by atoms with E-state index in [0.29, 0.717) is 24.1 Å². The van der Waals surface area contributed by atoms with Crippen molar-refractivity contribution in [3.8, 4) is 0 Å². The number of carbonyl (C=O) groups excluding carboxylic acids is 2. The average molecular weight is 368 g/mol. The summed E-state index contributed by atoms with van der Waals surface area (Å²) in [6.07, 6.45) is 1.25. The molecule has 2 heterocycles. The van der Waals surface area contributed by atoms with Crippen LogP contribution in [0.1, 0.15) is 41.5 Å². The van der Waals surface area contributed by atoms with E-state index < -0.39 is 4.92 Å². The molecule has 0 bridgehead atoms. The van der Waals surface area contributed by atoms with Crippen LogP contribution in [0.25, 0.3) is 0 Å². The molecule has 132 valence electrons. The smallest absolute Gasteiger partial charge is 0.269 e. The van der Waals surface area contributed by atoms with Gasteiger partial charge in [0.05, 0.1) is 4.92 Å². The fourth-order valence-electron chi connectivity index (χ4n) is 3.80. The van der Waals surface area contributed by atoms with Crippen LogP contribution in [0.3, 0.4) is 0 Å². The number of amides is 1. The molecule has 1 aliphatic heterocycles. The minimum absolute atomic E-state index is 0.00376. The molecule has 2 atom stereocenters. The maximum absolute atomic E-state index is 12.9. The van der Waals surface area contributed by atoms with E-state index in [1.54, 1.807) is 23.5 Å². The Kier molecular flexibility index (Phi) is 4.16. The summed E-state index contributed by atoms with van der Waals surface area (Å²) in [4.78, 5) is 36.6. The molecule has 0 spiro atoms. The SMILES string of the molecule is O=C1C[C@@H](c2ccc([N+](=O)[O-])cc2)C2=C(C[C@H](c3cccs3)CC2=O)N1. The Morgan fingerprint density at radius 2 is 1.85 bits per heavy atom. The Morgan fingerprint density at radius 3 is 2.50 bits per heavy atom. The maximum Gasteiger partial charge on any atom is 0.269 e. The number of Topliss-reactive ketones (excluding diaryl/α,β-unsaturated/α-hetero) is 1. The third kappa shape index (κ3) is 2.94. The lowest BCUT2D eigenvalue weighted by molar-refractivity contribution is -0.384. The van der Waals surface area contributed by atoms with E-state index in [-0.39, 0.29) is 35.6 Å². The fraction of sp³-hybridized carbons (Fsp3) is 0.263. The monoisotopic (exact) mass is 368 g/mol. The van der Waals surface area contributed by atoms with Gasteiger partial charge in [0.2, 0.25) is 5.91 Å². The summed E-state index contributed by atoms with van der Waals surface area (Å²) in [5, 5.41) is 15.7. The third-order valence-electron chi connectivity index (χ3n) is 4.99. The zero-order valence-electron chi connectivity index (χ0n) is 13.8. The second kappa shape index (κ2) is 6.49. The number of rotatable bonds is 3. The molecule has 6 nitrogen and oxygen atoms in total. The van der Waals surface area contributed by atoms with Crippen LogP contribution in [0, 0.1) is 10.1 Å². The van der Waals surface area contributed by atoms with Gasteiger partial charge in [-0.3, -0.25) is 19.7 Å². The molecule has 1 amide bonds. The molecule has 2 aromatic rings. The van der Waals surface area contributed by atoms with Crippen LogP contribution < -0.4 is 5.32 Å². The van der Waals surface area contributed by atoms with Crippen molar-refractivity contribution < 1.29 is 14.5 Å². The van der Waals surface area contributed by atoms with Crippen molar-refractivity contribution in [2.45, 2.75) is 31.1 Å². The van der Waals surface area contributed by atoms with Gasteiger partial charge < -0.3 is 5.32 Å². The minimum Gasteiger partial charge on any atom is -0.329 e. The third-order valence-corrected chi connectivity index (χ3v) is 6.02. The van der Waals surface area contributed by atoms with E-state index in [2.05, 4.69) is 5.32 Å². The number of benzene rings is 1. The summed E-state index contributed by atoms with van der Waals surface area (Å²) in [5.41, 5.74) is 2.13. The first kappa shape index (κ1) is 16.7. The van der Waals surface area contributed by atoms with E-state index in [9.17, 15) is 19.7 Å². The van der Waals surface area contributed by atoms with Crippen molar-refractivity contribution in [1.29, 1.82) is 0 Å². The highest BCUT2D eigenvalue weighted by Gasteiger charge is 2.38. The molecule has 0 saturated carbocycles. The summed E-state index contributed by atoms with van der Waals surface area (Å²) in [6.45, 7) is 0. The highest BCUT2D eigenvalue weighted by Crippen LogP contribution is 2.43. The number of allylic oxidation sites excluding steroid dienone is 2. The maximum atomic E-state index is 12.9. The van der Waals surface area contributed by atoms with Gasteiger partial charge in [-0.1, -0.05) is 18.2 Å². The van der Waals surface area contributed by atoms with Gasteiger partial charge in [-0.15, -0.1) is 11.3 Å². The van der Waals surface area contributed by atoms with Crippen molar-refractivity contribution in [1.82, 2.24) is 5.32 Å². The van der Waals surface area contributed by atoms with Crippen LogP contribution >= 0.6 is 11.3 Å². The molecule has 1 aromatic carbocycles. The number of ketones is 1. The molecular weight excluding hydrogens is 352 g/mol. The highest BCUT2D eigenvalue weighted by molar-refractivity contribution is 7.10. The number of nitrogens with one attached hydrogen (secondary N) is 1. The molecule has 0 fully saturated rings. The number of non-ortho nitro benzene ring substituents is 1. The van der Waals surface area contributed by atoms with E-state index in [1.165, 1.54) is 12.1 Å². The van der Waals surface area contributed by atoms with Gasteiger partial charge in [0.1, 0.15) is 0 Å². The van der Waals surface area contributed by atoms with Gasteiger partial charge in [0.15, 0.2) is 5.78 Å². The number of hydrogen-bond acceptors (Lipinski definition) is 5. The number of hydrogen-bond donors (Lipinski definition) is 1. The normalized spacial score (nSPS) is 22.8. The quantitative estimate of drug-likeness (QED) is 0.661. The Labute approximate surface area is 153 Å². The number of carbonyl (C=O) groups is 2. The number of nitrogens with zero attached hydrogens (tertiary/aromatic N) is 1. The largest absolute Gasteiger partial charge is 0.329 e. The zero-order valence-corrected chi connectivity index (χ0v) is 14.6. The Hall–Kier alpha value is -2.80. The van der Waals surface area contributed by atoms with Gasteiger partial charge in [-0.25, -0.2) is 0 Å². The summed E-state index contributed by atoms with van der Waals surface area (Å²) < 4.78 is 0. The van der Waals surface area contributed by atoms with E-state index >= 15 is 0 Å². The van der Waals surface area contributed by atoms with Crippen molar-refractivity contribution in [3.63, 3.8) is 0 Å². The molecule has 0 saturated heterocycles. The highest BCUT2D eigenvalue weighted by atomic mass is 32.1. The van der Waals surface area contributed by atoms with E-state index in [0.717, 1.165) is 10.4 Å². The summed E-state index contributed by atoms with van der Waals surface area (Å²) in [5.74, 6) is -0.312. The molecule has 1 aliphatic carbocycles. The predicted octanol–water partition coefficient (Wildman–Crippen LogP) is 3.66. The Bertz CT molecular complexity index is 916. The minimum atomic E-state index is -0.459. The van der Waals surface area contributed by atoms with Crippen molar-refractivity contribution >= 4 is 28.7 Å². The number of thiophene rings is 1. The summed E-state index contributed by atoms with van der Waals surface area (Å²) in [6, 6.07) is 10.1. The molecule has 1 N–H and O–H groups in total. The lowest BCUT2D eigenvalue weighted by atomic mass is 9.75. The fourth-order valence-corrected chi connectivity index (χ4v) is 4.63. The van der Waals surface area contributed by atoms with Crippen LogP contribution in [-0.4, -0.2) is 16.6 Å². The zero-order chi connectivity index (χ0) is 18.3. The van der Waals surface area contributed by atoms with Crippen LogP contribution in [0.4, 0.5) is 5.69 Å². The molecule has 7 heteroatoms. The second-order valence-corrected chi connectivity index (χ2v) is 7.57. The van der Waals surface area contributed by atoms with Crippen LogP contribution in [0.15, 0.2) is 53.0 Å². The van der Waals surface area contributed by atoms with E-state index in [4.69, 9.17) is 0 Å². The summed E-state index contributed by atoms with van der Waals surface area (Å²) in [7, 11) is 0. The molecule has 0 unspecified atom stereocenters. The first-order valence-corrected chi connectivity index (χ1v) is 9.24. The topological polar surface area (TPSA) is 89.3 Å². The molecule has 4 rings (SSSR count). The Balaban J connectivity index is 1.70. The van der Waals surface area contributed by atoms with Crippen LogP contribution in [-0.2, 0) is 9.59 Å². The second-order valence-electron chi connectivity index (χ2n) is 6.59. The van der Waals surface area contributed by atoms with Gasteiger partial charge in [-0.05, 0) is 23.4 Å². The van der Waals surface area contributed by atoms with Crippen LogP contribution in [0.2, 0.25) is 0 Å². The van der Waals surface area contributed by atoms with Gasteiger partial charge >= 0.3 is 0 Å². The average Bonchev–Trinajstić information content (AvgIpc) is 3.15. The van der Waals surface area contributed by atoms with Gasteiger partial charge in [0.25, 0.3) is 5.69 Å². The van der Waals surface area contributed by atoms with E-state index in [1.807, 2.05) is 17.5 Å². The first-order chi connectivity index (χ1) is 12.5. The number of nitro benzene ring substituents is 1. The molecule has 2 aliphatic rings. The Morgan fingerprint density at radius 1 is 1.08 bits per heavy atom.